The number of ether oxygens (including phenoxy) is 2. The van der Waals surface area contributed by atoms with Gasteiger partial charge in [0.15, 0.2) is 0 Å². The zero-order valence-corrected chi connectivity index (χ0v) is 22.1. The first kappa shape index (κ1) is 27.1. The summed E-state index contributed by atoms with van der Waals surface area (Å²) in [4.78, 5) is 30.4. The largest absolute Gasteiger partial charge is 0.497 e. The van der Waals surface area contributed by atoms with E-state index >= 15 is 0 Å². The third-order valence-electron chi connectivity index (χ3n) is 7.15. The Hall–Kier alpha value is -2.48. The summed E-state index contributed by atoms with van der Waals surface area (Å²) in [5.74, 6) is 1.90. The Bertz CT molecular complexity index is 818. The molecule has 8 nitrogen and oxygen atoms in total. The molecule has 3 rings (SSSR count). The molecule has 1 unspecified atom stereocenters. The number of rotatable bonds is 9. The number of methoxy groups -OCH3 is 2. The summed E-state index contributed by atoms with van der Waals surface area (Å²) >= 11 is 0. The Labute approximate surface area is 210 Å². The highest BCUT2D eigenvalue weighted by Gasteiger charge is 2.39. The third kappa shape index (κ3) is 7.75. The highest BCUT2D eigenvalue weighted by Crippen LogP contribution is 2.28. The Kier molecular flexibility index (Phi) is 10.1. The van der Waals surface area contributed by atoms with Crippen molar-refractivity contribution in [2.24, 2.45) is 5.92 Å². The molecule has 2 fully saturated rings. The Morgan fingerprint density at radius 1 is 1.00 bits per heavy atom. The molecule has 0 radical (unpaired) electrons. The number of hydrogen-bond donors (Lipinski definition) is 2. The lowest BCUT2D eigenvalue weighted by Crippen LogP contribution is -2.64. The topological polar surface area (TPSA) is 83.1 Å². The molecule has 1 aromatic carbocycles. The van der Waals surface area contributed by atoms with Crippen molar-refractivity contribution in [3.8, 4) is 11.5 Å². The number of urea groups is 1. The molecule has 3 amide bonds. The number of amides is 3. The molecule has 0 bridgehead atoms. The van der Waals surface area contributed by atoms with Crippen LogP contribution in [0.2, 0.25) is 0 Å². The molecule has 1 aliphatic heterocycles. The number of hydrogen-bond acceptors (Lipinski definition) is 5. The van der Waals surface area contributed by atoms with Gasteiger partial charge in [-0.15, -0.1) is 0 Å². The van der Waals surface area contributed by atoms with Gasteiger partial charge >= 0.3 is 6.03 Å². The fourth-order valence-electron chi connectivity index (χ4n) is 5.53. The van der Waals surface area contributed by atoms with Crippen LogP contribution in [0.4, 0.5) is 4.79 Å². The van der Waals surface area contributed by atoms with E-state index < -0.39 is 0 Å². The van der Waals surface area contributed by atoms with E-state index in [2.05, 4.69) is 29.4 Å². The molecule has 8 heteroatoms. The normalized spacial score (nSPS) is 21.6. The standard InChI is InChI=1S/C27H44N4O4/c1-19(2)11-22-17-30(16-20-12-24(34-4)15-25(13-20)35-5)18-23(14-26(32)28-3)31(22)27(33)29-21-9-7-6-8-10-21/h12-13,15,19,21-23H,6-11,14,16-18H2,1-5H3,(H,28,32)(H,29,33)/t22-,23?/m0/s1. The van der Waals surface area contributed by atoms with E-state index in [4.69, 9.17) is 9.47 Å². The Morgan fingerprint density at radius 2 is 1.63 bits per heavy atom. The number of carbonyl (C=O) groups is 2. The highest BCUT2D eigenvalue weighted by molar-refractivity contribution is 5.79. The molecule has 0 aromatic heterocycles. The fourth-order valence-corrected chi connectivity index (χ4v) is 5.53. The quantitative estimate of drug-likeness (QED) is 0.553. The van der Waals surface area contributed by atoms with Crippen molar-refractivity contribution < 1.29 is 19.1 Å². The summed E-state index contributed by atoms with van der Waals surface area (Å²) in [5.41, 5.74) is 1.09. The van der Waals surface area contributed by atoms with Crippen molar-refractivity contribution in [2.45, 2.75) is 83.5 Å². The van der Waals surface area contributed by atoms with Crippen LogP contribution in [0.15, 0.2) is 18.2 Å². The lowest BCUT2D eigenvalue weighted by atomic mass is 9.94. The molecule has 1 saturated carbocycles. The summed E-state index contributed by atoms with van der Waals surface area (Å²) in [6.07, 6.45) is 6.84. The first-order valence-corrected chi connectivity index (χ1v) is 13.1. The summed E-state index contributed by atoms with van der Waals surface area (Å²) in [6, 6.07) is 5.98. The molecule has 2 aliphatic rings. The lowest BCUT2D eigenvalue weighted by Gasteiger charge is -2.47. The molecule has 2 atom stereocenters. The summed E-state index contributed by atoms with van der Waals surface area (Å²) in [7, 11) is 4.96. The predicted octanol–water partition coefficient (Wildman–Crippen LogP) is 3.78. The van der Waals surface area contributed by atoms with Crippen LogP contribution in [0.1, 0.15) is 64.4 Å². The van der Waals surface area contributed by atoms with Crippen molar-refractivity contribution >= 4 is 11.9 Å². The van der Waals surface area contributed by atoms with Crippen molar-refractivity contribution in [1.29, 1.82) is 0 Å². The van der Waals surface area contributed by atoms with Crippen LogP contribution in [-0.2, 0) is 11.3 Å². The Balaban J connectivity index is 1.83. The van der Waals surface area contributed by atoms with Gasteiger partial charge in [0.25, 0.3) is 0 Å². The van der Waals surface area contributed by atoms with Crippen molar-refractivity contribution in [3.63, 3.8) is 0 Å². The molecular formula is C27H44N4O4. The number of nitrogens with zero attached hydrogens (tertiary/aromatic N) is 2. The van der Waals surface area contributed by atoms with Gasteiger partial charge in [-0.2, -0.15) is 0 Å². The van der Waals surface area contributed by atoms with E-state index in [9.17, 15) is 9.59 Å². The molecular weight excluding hydrogens is 444 g/mol. The number of benzene rings is 1. The fraction of sp³-hybridized carbons (Fsp3) is 0.704. The predicted molar refractivity (Wildman–Crippen MR) is 138 cm³/mol. The zero-order valence-electron chi connectivity index (χ0n) is 22.1. The summed E-state index contributed by atoms with van der Waals surface area (Å²) < 4.78 is 10.9. The zero-order chi connectivity index (χ0) is 25.4. The van der Waals surface area contributed by atoms with Gasteiger partial charge in [0, 0.05) is 51.3 Å². The van der Waals surface area contributed by atoms with Crippen molar-refractivity contribution in [3.05, 3.63) is 23.8 Å². The van der Waals surface area contributed by atoms with E-state index in [1.165, 1.54) is 19.3 Å². The van der Waals surface area contributed by atoms with Crippen LogP contribution in [0.5, 0.6) is 11.5 Å². The molecule has 1 saturated heterocycles. The second-order valence-electron chi connectivity index (χ2n) is 10.4. The van der Waals surface area contributed by atoms with Crippen LogP contribution >= 0.6 is 0 Å². The molecule has 1 aromatic rings. The monoisotopic (exact) mass is 488 g/mol. The molecule has 35 heavy (non-hydrogen) atoms. The molecule has 2 N–H and O–H groups in total. The average molecular weight is 489 g/mol. The van der Waals surface area contributed by atoms with Gasteiger partial charge in [-0.1, -0.05) is 33.1 Å². The summed E-state index contributed by atoms with van der Waals surface area (Å²) in [5, 5.41) is 6.07. The smallest absolute Gasteiger partial charge is 0.318 e. The van der Waals surface area contributed by atoms with Gasteiger partial charge in [-0.25, -0.2) is 4.79 Å². The van der Waals surface area contributed by atoms with Gasteiger partial charge in [-0.3, -0.25) is 9.69 Å². The van der Waals surface area contributed by atoms with Gasteiger partial charge in [-0.05, 0) is 42.9 Å². The van der Waals surface area contributed by atoms with E-state index in [1.54, 1.807) is 21.3 Å². The van der Waals surface area contributed by atoms with Crippen LogP contribution in [-0.4, -0.2) is 74.2 Å². The van der Waals surface area contributed by atoms with Crippen LogP contribution < -0.4 is 20.1 Å². The SMILES string of the molecule is CNC(=O)CC1CN(Cc2cc(OC)cc(OC)c2)C[C@H](CC(C)C)N1C(=O)NC1CCCCC1. The maximum Gasteiger partial charge on any atom is 0.318 e. The van der Waals surface area contributed by atoms with Gasteiger partial charge in [0.1, 0.15) is 11.5 Å². The van der Waals surface area contributed by atoms with E-state index in [0.717, 1.165) is 42.9 Å². The Morgan fingerprint density at radius 3 is 2.20 bits per heavy atom. The molecule has 1 heterocycles. The minimum atomic E-state index is -0.191. The number of carbonyl (C=O) groups excluding carboxylic acids is 2. The minimum absolute atomic E-state index is 0.0147. The van der Waals surface area contributed by atoms with E-state index in [0.29, 0.717) is 25.4 Å². The molecule has 196 valence electrons. The van der Waals surface area contributed by atoms with Crippen LogP contribution in [0.3, 0.4) is 0 Å². The number of piperazine rings is 1. The van der Waals surface area contributed by atoms with Gasteiger partial charge in [0.05, 0.1) is 20.3 Å². The van der Waals surface area contributed by atoms with Gasteiger partial charge < -0.3 is 25.0 Å². The maximum absolute atomic E-state index is 13.6. The van der Waals surface area contributed by atoms with Crippen LogP contribution in [0, 0.1) is 5.92 Å². The second kappa shape index (κ2) is 13.0. The first-order valence-electron chi connectivity index (χ1n) is 13.1. The highest BCUT2D eigenvalue weighted by atomic mass is 16.5. The summed E-state index contributed by atoms with van der Waals surface area (Å²) in [6.45, 7) is 6.48. The van der Waals surface area contributed by atoms with E-state index in [-0.39, 0.29) is 30.1 Å². The molecule has 1 aliphatic carbocycles. The van der Waals surface area contributed by atoms with Gasteiger partial charge in [0.2, 0.25) is 5.91 Å². The third-order valence-corrected chi connectivity index (χ3v) is 7.15. The van der Waals surface area contributed by atoms with Crippen molar-refractivity contribution in [2.75, 3.05) is 34.4 Å². The van der Waals surface area contributed by atoms with Crippen LogP contribution in [0.25, 0.3) is 0 Å². The number of nitrogens with one attached hydrogen (secondary N) is 2. The van der Waals surface area contributed by atoms with E-state index in [1.807, 2.05) is 23.1 Å². The van der Waals surface area contributed by atoms with Crippen molar-refractivity contribution in [1.82, 2.24) is 20.4 Å². The minimum Gasteiger partial charge on any atom is -0.497 e. The first-order chi connectivity index (χ1) is 16.8. The molecule has 0 spiro atoms. The average Bonchev–Trinajstić information content (AvgIpc) is 2.83. The second-order valence-corrected chi connectivity index (χ2v) is 10.4. The lowest BCUT2D eigenvalue weighted by molar-refractivity contribution is -0.122. The maximum atomic E-state index is 13.6.